The van der Waals surface area contributed by atoms with Crippen LogP contribution in [-0.4, -0.2) is 51.7 Å². The molecule has 1 heterocycles. The van der Waals surface area contributed by atoms with Crippen LogP contribution in [0.1, 0.15) is 12.0 Å². The van der Waals surface area contributed by atoms with Crippen LogP contribution in [0.5, 0.6) is 11.5 Å². The van der Waals surface area contributed by atoms with Crippen molar-refractivity contribution in [2.75, 3.05) is 40.4 Å². The average molecular weight is 573 g/mol. The minimum absolute atomic E-state index is 0.174. The van der Waals surface area contributed by atoms with Gasteiger partial charge >= 0.3 is 0 Å². The molecule has 0 aliphatic heterocycles. The van der Waals surface area contributed by atoms with Crippen LogP contribution in [0.25, 0.3) is 16.3 Å². The van der Waals surface area contributed by atoms with Gasteiger partial charge in [-0.25, -0.2) is 13.8 Å². The van der Waals surface area contributed by atoms with Crippen LogP contribution in [-0.2, 0) is 23.8 Å². The Balaban J connectivity index is 1.41. The number of hydrogen-bond acceptors (Lipinski definition) is 9. The van der Waals surface area contributed by atoms with E-state index in [4.69, 9.17) is 23.7 Å². The Morgan fingerprint density at radius 2 is 1.80 bits per heavy atom. The second kappa shape index (κ2) is 12.6. The second-order valence-electron chi connectivity index (χ2n) is 8.44. The van der Waals surface area contributed by atoms with E-state index in [0.29, 0.717) is 39.7 Å². The minimum Gasteiger partial charge on any atom is -0.497 e. The molecule has 9 nitrogen and oxygen atoms in total. The first-order chi connectivity index (χ1) is 19.3. The maximum Gasteiger partial charge on any atom is 0.264 e. The van der Waals surface area contributed by atoms with Gasteiger partial charge in [0, 0.05) is 12.5 Å². The van der Waals surface area contributed by atoms with Gasteiger partial charge in [0.2, 0.25) is 0 Å². The molecule has 0 saturated carbocycles. The summed E-state index contributed by atoms with van der Waals surface area (Å²) in [7, 11) is 5.95. The van der Waals surface area contributed by atoms with Gasteiger partial charge in [0.05, 0.1) is 44.6 Å². The standard InChI is InChI=1S/C28H26F2N2O7S/c1-35-21-8-6-15(5-7-20(33)16-10-23(36-2)27(38-4)24(11-16)37-3)9-22(21)39-14-26(34)32-28-31-19-12-17(29)18(30)13-25(19)40-28/h5-10,12-13,16H,11,14H2,1-4H3,(H,31,32,34)/b7-5+. The molecule has 0 fully saturated rings. The number of methoxy groups -OCH3 is 4. The summed E-state index contributed by atoms with van der Waals surface area (Å²) in [6.45, 7) is -0.387. The quantitative estimate of drug-likeness (QED) is 0.311. The fourth-order valence-corrected chi connectivity index (χ4v) is 4.86. The van der Waals surface area contributed by atoms with Gasteiger partial charge in [0.25, 0.3) is 5.91 Å². The highest BCUT2D eigenvalue weighted by Crippen LogP contribution is 2.32. The zero-order chi connectivity index (χ0) is 28.8. The smallest absolute Gasteiger partial charge is 0.264 e. The van der Waals surface area contributed by atoms with Gasteiger partial charge in [0.1, 0.15) is 5.76 Å². The summed E-state index contributed by atoms with van der Waals surface area (Å²) < 4.78 is 54.3. The summed E-state index contributed by atoms with van der Waals surface area (Å²) in [6.07, 6.45) is 5.07. The number of allylic oxidation sites excluding steroid dienone is 3. The Morgan fingerprint density at radius 3 is 2.50 bits per heavy atom. The number of amides is 1. The Bertz CT molecular complexity index is 1490. The summed E-state index contributed by atoms with van der Waals surface area (Å²) in [4.78, 5) is 29.5. The lowest BCUT2D eigenvalue weighted by atomic mass is 9.92. The van der Waals surface area contributed by atoms with Crippen molar-refractivity contribution in [2.24, 2.45) is 5.92 Å². The second-order valence-corrected chi connectivity index (χ2v) is 9.47. The van der Waals surface area contributed by atoms with E-state index in [0.717, 1.165) is 23.5 Å². The zero-order valence-electron chi connectivity index (χ0n) is 22.1. The molecule has 1 amide bonds. The predicted octanol–water partition coefficient (Wildman–Crippen LogP) is 5.24. The van der Waals surface area contributed by atoms with Gasteiger partial charge in [-0.2, -0.15) is 0 Å². The fraction of sp³-hybridized carbons (Fsp3) is 0.250. The summed E-state index contributed by atoms with van der Waals surface area (Å²) in [5.74, 6) is -1.20. The lowest BCUT2D eigenvalue weighted by molar-refractivity contribution is -0.118. The maximum absolute atomic E-state index is 13.5. The van der Waals surface area contributed by atoms with Crippen LogP contribution in [0.2, 0.25) is 0 Å². The number of carbonyl (C=O) groups is 2. The zero-order valence-corrected chi connectivity index (χ0v) is 22.9. The summed E-state index contributed by atoms with van der Waals surface area (Å²) in [5, 5.41) is 2.73. The number of ketones is 1. The van der Waals surface area contributed by atoms with Crippen molar-refractivity contribution in [3.63, 3.8) is 0 Å². The molecule has 40 heavy (non-hydrogen) atoms. The van der Waals surface area contributed by atoms with Crippen LogP contribution in [0.3, 0.4) is 0 Å². The SMILES string of the molecule is COC1=CC(C(=O)/C=C/c2ccc(OC)c(OCC(=O)Nc3nc4cc(F)c(F)cc4s3)c2)CC(OC)=C1OC. The number of benzene rings is 2. The van der Waals surface area contributed by atoms with Crippen molar-refractivity contribution in [1.29, 1.82) is 0 Å². The Hall–Kier alpha value is -4.45. The molecule has 1 N–H and O–H groups in total. The molecular formula is C28H26F2N2O7S. The highest BCUT2D eigenvalue weighted by Gasteiger charge is 2.28. The maximum atomic E-state index is 13.5. The molecule has 1 unspecified atom stereocenters. The van der Waals surface area contributed by atoms with Crippen LogP contribution < -0.4 is 14.8 Å². The Labute approximate surface area is 232 Å². The fourth-order valence-electron chi connectivity index (χ4n) is 3.97. The predicted molar refractivity (Wildman–Crippen MR) is 145 cm³/mol. The molecule has 2 aromatic carbocycles. The molecule has 1 aliphatic carbocycles. The molecular weight excluding hydrogens is 546 g/mol. The van der Waals surface area contributed by atoms with E-state index in [1.807, 2.05) is 0 Å². The first-order valence-electron chi connectivity index (χ1n) is 11.9. The number of halogens is 2. The monoisotopic (exact) mass is 572 g/mol. The molecule has 210 valence electrons. The molecule has 1 aromatic heterocycles. The third-order valence-electron chi connectivity index (χ3n) is 5.93. The largest absolute Gasteiger partial charge is 0.497 e. The van der Waals surface area contributed by atoms with E-state index in [2.05, 4.69) is 10.3 Å². The van der Waals surface area contributed by atoms with Crippen LogP contribution in [0.15, 0.2) is 59.8 Å². The number of thiazole rings is 1. The molecule has 0 saturated heterocycles. The van der Waals surface area contributed by atoms with Gasteiger partial charge in [-0.1, -0.05) is 23.5 Å². The molecule has 0 bridgehead atoms. The third-order valence-corrected chi connectivity index (χ3v) is 6.87. The number of rotatable bonds is 11. The van der Waals surface area contributed by atoms with Crippen molar-refractivity contribution in [3.8, 4) is 11.5 Å². The van der Waals surface area contributed by atoms with Gasteiger partial charge < -0.3 is 23.7 Å². The van der Waals surface area contributed by atoms with Crippen molar-refractivity contribution in [1.82, 2.24) is 4.98 Å². The number of nitrogens with zero attached hydrogens (tertiary/aromatic N) is 1. The van der Waals surface area contributed by atoms with Crippen molar-refractivity contribution >= 4 is 44.5 Å². The van der Waals surface area contributed by atoms with Crippen LogP contribution in [0, 0.1) is 17.6 Å². The lowest BCUT2D eigenvalue weighted by Crippen LogP contribution is -2.20. The number of ether oxygens (including phenoxy) is 5. The van der Waals surface area contributed by atoms with E-state index in [1.54, 1.807) is 30.4 Å². The van der Waals surface area contributed by atoms with E-state index in [-0.39, 0.29) is 28.8 Å². The van der Waals surface area contributed by atoms with E-state index in [9.17, 15) is 18.4 Å². The molecule has 12 heteroatoms. The minimum atomic E-state index is -1.02. The summed E-state index contributed by atoms with van der Waals surface area (Å²) >= 11 is 1.00. The van der Waals surface area contributed by atoms with Crippen LogP contribution >= 0.6 is 11.3 Å². The van der Waals surface area contributed by atoms with Gasteiger partial charge in [-0.15, -0.1) is 0 Å². The molecule has 3 aromatic rings. The first kappa shape index (κ1) is 28.6. The van der Waals surface area contributed by atoms with E-state index in [1.165, 1.54) is 34.5 Å². The average Bonchev–Trinajstić information content (AvgIpc) is 3.34. The van der Waals surface area contributed by atoms with Gasteiger partial charge in [-0.3, -0.25) is 14.9 Å². The Kier molecular flexibility index (Phi) is 9.00. The van der Waals surface area contributed by atoms with Crippen molar-refractivity contribution in [2.45, 2.75) is 6.42 Å². The number of nitrogens with one attached hydrogen (secondary N) is 1. The molecule has 4 rings (SSSR count). The molecule has 0 spiro atoms. The van der Waals surface area contributed by atoms with Crippen molar-refractivity contribution < 1.29 is 42.1 Å². The summed E-state index contributed by atoms with van der Waals surface area (Å²) in [6, 6.07) is 6.99. The van der Waals surface area contributed by atoms with Crippen molar-refractivity contribution in [3.05, 3.63) is 77.0 Å². The third kappa shape index (κ3) is 6.40. The van der Waals surface area contributed by atoms with E-state index >= 15 is 0 Å². The Morgan fingerprint density at radius 1 is 1.02 bits per heavy atom. The van der Waals surface area contributed by atoms with Gasteiger partial charge in [0.15, 0.2) is 52.2 Å². The van der Waals surface area contributed by atoms with Gasteiger partial charge in [-0.05, 0) is 35.9 Å². The topological polar surface area (TPSA) is 105 Å². The number of aromatic nitrogens is 1. The number of carbonyl (C=O) groups excluding carboxylic acids is 2. The number of hydrogen-bond donors (Lipinski definition) is 1. The highest BCUT2D eigenvalue weighted by molar-refractivity contribution is 7.22. The highest BCUT2D eigenvalue weighted by atomic mass is 32.1. The molecule has 1 atom stereocenters. The van der Waals surface area contributed by atoms with Crippen LogP contribution in [0.4, 0.5) is 13.9 Å². The van der Waals surface area contributed by atoms with E-state index < -0.39 is 23.5 Å². The number of fused-ring (bicyclic) bond motifs is 1. The molecule has 0 radical (unpaired) electrons. The first-order valence-corrected chi connectivity index (χ1v) is 12.7. The normalized spacial score (nSPS) is 15.2. The number of anilines is 1. The molecule has 1 aliphatic rings. The summed E-state index contributed by atoms with van der Waals surface area (Å²) in [5.41, 5.74) is 0.859. The lowest BCUT2D eigenvalue weighted by Gasteiger charge is -2.23.